The Morgan fingerprint density at radius 1 is 1.00 bits per heavy atom. The number of ketones is 1. The van der Waals surface area contributed by atoms with E-state index in [4.69, 9.17) is 0 Å². The summed E-state index contributed by atoms with van der Waals surface area (Å²) in [5.41, 5.74) is -1.47. The number of likely N-dealkylation sites (tertiary alicyclic amines) is 1. The van der Waals surface area contributed by atoms with Gasteiger partial charge >= 0.3 is 6.03 Å². The summed E-state index contributed by atoms with van der Waals surface area (Å²) < 4.78 is 41.5. The largest absolute Gasteiger partial charge is 0.346 e. The fourth-order valence-corrected chi connectivity index (χ4v) is 7.74. The van der Waals surface area contributed by atoms with E-state index < -0.39 is 80.4 Å². The number of urea groups is 1. The first-order valence-corrected chi connectivity index (χ1v) is 19.8. The predicted molar refractivity (Wildman–Crippen MR) is 200 cm³/mol. The first-order chi connectivity index (χ1) is 24.5. The molecule has 15 heteroatoms. The number of sulfonamides is 1. The number of Topliss-reactive ketones (excluding diaryl/α,β-unsaturated/α-hetero) is 1. The summed E-state index contributed by atoms with van der Waals surface area (Å²) in [6.07, 6.45) is 4.08. The van der Waals surface area contributed by atoms with Gasteiger partial charge in [0.15, 0.2) is 0 Å². The maximum atomic E-state index is 14.5. The van der Waals surface area contributed by atoms with E-state index in [1.807, 2.05) is 34.6 Å². The van der Waals surface area contributed by atoms with E-state index in [0.29, 0.717) is 12.8 Å². The van der Waals surface area contributed by atoms with Crippen LogP contribution in [-0.2, 0) is 29.2 Å². The Bertz CT molecular complexity index is 1630. The Morgan fingerprint density at radius 2 is 1.64 bits per heavy atom. The molecule has 0 aromatic heterocycles. The minimum absolute atomic E-state index is 0.00504. The quantitative estimate of drug-likeness (QED) is 0.147. The van der Waals surface area contributed by atoms with E-state index in [0.717, 1.165) is 29.3 Å². The van der Waals surface area contributed by atoms with Crippen molar-refractivity contribution in [3.63, 3.8) is 0 Å². The van der Waals surface area contributed by atoms with Crippen molar-refractivity contribution >= 4 is 39.6 Å². The van der Waals surface area contributed by atoms with Gasteiger partial charge in [0.2, 0.25) is 27.6 Å². The molecule has 13 nitrogen and oxygen atoms in total. The number of amides is 5. The molecule has 4 N–H and O–H groups in total. The number of halogens is 1. The Labute approximate surface area is 314 Å². The second kappa shape index (κ2) is 17.5. The third-order valence-corrected chi connectivity index (χ3v) is 11.9. The number of hydrogen-bond acceptors (Lipinski definition) is 7. The number of carbonyl (C=O) groups excluding carboxylic acids is 5. The zero-order valence-electron chi connectivity index (χ0n) is 32.6. The lowest BCUT2D eigenvalue weighted by Crippen LogP contribution is -2.62. The van der Waals surface area contributed by atoms with Crippen LogP contribution in [0, 0.1) is 34.4 Å². The van der Waals surface area contributed by atoms with Gasteiger partial charge in [-0.05, 0) is 59.6 Å². The van der Waals surface area contributed by atoms with Crippen LogP contribution in [0.5, 0.6) is 0 Å². The van der Waals surface area contributed by atoms with E-state index in [2.05, 4.69) is 27.8 Å². The molecule has 1 aromatic carbocycles. The first kappa shape index (κ1) is 43.6. The molecule has 1 aromatic rings. The fraction of sp³-hybridized carbons (Fsp3) is 0.658. The van der Waals surface area contributed by atoms with Gasteiger partial charge in [-0.3, -0.25) is 19.2 Å². The average Bonchev–Trinajstić information content (AvgIpc) is 3.76. The van der Waals surface area contributed by atoms with E-state index in [1.165, 1.54) is 30.2 Å². The van der Waals surface area contributed by atoms with E-state index in [1.54, 1.807) is 20.8 Å². The summed E-state index contributed by atoms with van der Waals surface area (Å²) in [6.45, 7) is 18.5. The van der Waals surface area contributed by atoms with E-state index in [-0.39, 0.29) is 42.3 Å². The Balaban J connectivity index is 1.84. The lowest BCUT2D eigenvalue weighted by molar-refractivity contribution is -0.144. The smallest absolute Gasteiger partial charge is 0.315 e. The molecule has 0 spiro atoms. The topological polar surface area (TPSA) is 174 Å². The maximum absolute atomic E-state index is 14.5. The number of carbonyl (C=O) groups is 5. The van der Waals surface area contributed by atoms with Crippen LogP contribution < -0.4 is 21.3 Å². The van der Waals surface area contributed by atoms with E-state index in [9.17, 15) is 36.8 Å². The molecule has 1 heterocycles. The third-order valence-electron chi connectivity index (χ3n) is 10.1. The van der Waals surface area contributed by atoms with Crippen molar-refractivity contribution < 1.29 is 36.8 Å². The van der Waals surface area contributed by atoms with Crippen molar-refractivity contribution in [1.82, 2.24) is 30.5 Å². The Hall–Kier alpha value is -3.85. The number of hydrogen-bond donors (Lipinski definition) is 4. The molecule has 0 radical (unpaired) electrons. The molecule has 2 fully saturated rings. The molecule has 53 heavy (non-hydrogen) atoms. The summed E-state index contributed by atoms with van der Waals surface area (Å²) in [6, 6.07) is 0.115. The predicted octanol–water partition coefficient (Wildman–Crippen LogP) is 3.60. The maximum Gasteiger partial charge on any atom is 0.315 e. The van der Waals surface area contributed by atoms with Crippen LogP contribution in [0.15, 0.2) is 41.8 Å². The van der Waals surface area contributed by atoms with Gasteiger partial charge in [0, 0.05) is 32.7 Å². The average molecular weight is 763 g/mol. The molecule has 5 atom stereocenters. The van der Waals surface area contributed by atoms with Gasteiger partial charge in [-0.15, -0.1) is 6.58 Å². The summed E-state index contributed by atoms with van der Waals surface area (Å²) in [7, 11) is -2.75. The van der Waals surface area contributed by atoms with Gasteiger partial charge in [0.25, 0.3) is 5.91 Å². The molecule has 296 valence electrons. The van der Waals surface area contributed by atoms with Crippen molar-refractivity contribution in [1.29, 1.82) is 0 Å². The van der Waals surface area contributed by atoms with Gasteiger partial charge in [-0.2, -0.15) is 4.31 Å². The van der Waals surface area contributed by atoms with Crippen molar-refractivity contribution in [2.24, 2.45) is 28.6 Å². The molecule has 3 rings (SSSR count). The van der Waals surface area contributed by atoms with Gasteiger partial charge < -0.3 is 26.2 Å². The highest BCUT2D eigenvalue weighted by Gasteiger charge is 2.48. The molecule has 1 saturated carbocycles. The highest BCUT2D eigenvalue weighted by Crippen LogP contribution is 2.36. The summed E-state index contributed by atoms with van der Waals surface area (Å²) in [4.78, 5) is 69.3. The SMILES string of the molecule is C=CCNC(=O)C(=O)C(CC1CC1)NC(=O)[C@@H]1[C@@H](C(C)C)CCN1C(=O)[C@@H](NC(=O)N[C@H](CN(C)S(=O)(=O)c1cccc(F)c1)C(C)(C)C)C(C)(C)C. The normalized spacial score (nSPS) is 19.7. The summed E-state index contributed by atoms with van der Waals surface area (Å²) >= 11 is 0. The molecular formula is C38H59FN6O7S. The minimum atomic E-state index is -4.10. The number of likely N-dealkylation sites (N-methyl/N-ethyl adjacent to an activating group) is 1. The standard InChI is InChI=1S/C38H59FN6O7S/c1-11-18-40-34(48)31(46)28(20-24-15-16-24)41-33(47)30-27(23(2)3)17-19-45(30)35(49)32(38(7,8)9)43-36(50)42-29(37(4,5)6)22-44(10)53(51,52)26-14-12-13-25(39)21-26/h11-14,21,23-24,27-30,32H,1,15-20,22H2,2-10H3,(H,40,48)(H,41,47)(H2,42,43,50)/t27-,28?,29-,30+,32-/m1/s1. The zero-order chi connectivity index (χ0) is 40.1. The number of nitrogens with zero attached hydrogens (tertiary/aromatic N) is 2. The monoisotopic (exact) mass is 762 g/mol. The van der Waals surface area contributed by atoms with Crippen molar-refractivity contribution in [2.45, 2.75) is 110 Å². The highest BCUT2D eigenvalue weighted by molar-refractivity contribution is 7.89. The Kier molecular flexibility index (Phi) is 14.4. The zero-order valence-corrected chi connectivity index (χ0v) is 33.4. The van der Waals surface area contributed by atoms with Crippen LogP contribution in [-0.4, -0.2) is 98.0 Å². The molecule has 5 amide bonds. The van der Waals surface area contributed by atoms with Gasteiger partial charge in [0.1, 0.15) is 17.9 Å². The number of nitrogens with one attached hydrogen (secondary N) is 4. The van der Waals surface area contributed by atoms with Gasteiger partial charge in [-0.25, -0.2) is 17.6 Å². The van der Waals surface area contributed by atoms with E-state index >= 15 is 0 Å². The molecule has 1 unspecified atom stereocenters. The van der Waals surface area contributed by atoms with Gasteiger partial charge in [0.05, 0.1) is 10.9 Å². The number of rotatable bonds is 16. The Morgan fingerprint density at radius 3 is 2.17 bits per heavy atom. The van der Waals surface area contributed by atoms with Crippen LogP contribution in [0.3, 0.4) is 0 Å². The molecule has 1 aliphatic heterocycles. The fourth-order valence-electron chi connectivity index (χ4n) is 6.53. The van der Waals surface area contributed by atoms with Crippen molar-refractivity contribution in [2.75, 3.05) is 26.7 Å². The molecule has 1 saturated heterocycles. The lowest BCUT2D eigenvalue weighted by atomic mass is 9.84. The molecule has 0 bridgehead atoms. The second-order valence-electron chi connectivity index (χ2n) is 16.9. The highest BCUT2D eigenvalue weighted by atomic mass is 32.2. The van der Waals surface area contributed by atoms with Gasteiger partial charge in [-0.1, -0.05) is 80.4 Å². The van der Waals surface area contributed by atoms with Crippen LogP contribution in [0.25, 0.3) is 0 Å². The minimum Gasteiger partial charge on any atom is -0.346 e. The third kappa shape index (κ3) is 11.6. The first-order valence-electron chi connectivity index (χ1n) is 18.3. The van der Waals surface area contributed by atoms with Crippen molar-refractivity contribution in [3.8, 4) is 0 Å². The molecule has 1 aliphatic carbocycles. The summed E-state index contributed by atoms with van der Waals surface area (Å²) in [5, 5.41) is 11.0. The molecule has 2 aliphatic rings. The summed E-state index contributed by atoms with van der Waals surface area (Å²) in [5.74, 6) is -3.32. The molecular weight excluding hydrogens is 704 g/mol. The van der Waals surface area contributed by atoms with Crippen LogP contribution in [0.1, 0.15) is 81.1 Å². The number of benzene rings is 1. The van der Waals surface area contributed by atoms with Crippen molar-refractivity contribution in [3.05, 3.63) is 42.7 Å². The van der Waals surface area contributed by atoms with Crippen LogP contribution >= 0.6 is 0 Å². The second-order valence-corrected chi connectivity index (χ2v) is 18.9. The van der Waals surface area contributed by atoms with Crippen LogP contribution in [0.2, 0.25) is 0 Å². The lowest BCUT2D eigenvalue weighted by Gasteiger charge is -2.38. The van der Waals surface area contributed by atoms with Crippen LogP contribution in [0.4, 0.5) is 9.18 Å².